The van der Waals surface area contributed by atoms with Gasteiger partial charge in [-0.3, -0.25) is 10.1 Å². The van der Waals surface area contributed by atoms with Gasteiger partial charge < -0.3 is 13.9 Å². The van der Waals surface area contributed by atoms with Crippen molar-refractivity contribution < 1.29 is 18.7 Å². The number of aromatic nitrogens is 2. The molecule has 1 N–H and O–H groups in total. The molecule has 2 heterocycles. The van der Waals surface area contributed by atoms with E-state index in [1.54, 1.807) is 31.2 Å². The van der Waals surface area contributed by atoms with Crippen LogP contribution in [0.25, 0.3) is 27.7 Å². The van der Waals surface area contributed by atoms with E-state index in [1.165, 1.54) is 11.3 Å². The normalized spacial score (nSPS) is 11.6. The Bertz CT molecular complexity index is 1340. The number of methoxy groups -OCH3 is 1. The van der Waals surface area contributed by atoms with Crippen LogP contribution >= 0.6 is 23.1 Å². The molecular weight excluding hydrogens is 470 g/mol. The van der Waals surface area contributed by atoms with Crippen molar-refractivity contribution in [1.29, 1.82) is 0 Å². The fraction of sp³-hybridized carbons (Fsp3) is 0.240. The summed E-state index contributed by atoms with van der Waals surface area (Å²) in [6, 6.07) is 11.7. The standard InChI is InChI=1S/C25H25N3O4S2/c1-5-31-21-13-22-19(20(14-32-22)16-8-7-9-17(11-16)30-4)12-18(21)15(3)10-23(29)26-24-27-28-25(34-24)33-6-2/h7-14H,5-6H2,1-4H3,(H,26,27,29)/b15-10+. The van der Waals surface area contributed by atoms with Crippen molar-refractivity contribution in [2.24, 2.45) is 0 Å². The average molecular weight is 496 g/mol. The number of allylic oxidation sites excluding steroid dienone is 1. The second-order valence-corrected chi connectivity index (χ2v) is 9.77. The van der Waals surface area contributed by atoms with Gasteiger partial charge in [0.15, 0.2) is 4.34 Å². The lowest BCUT2D eigenvalue weighted by molar-refractivity contribution is -0.111. The number of thioether (sulfide) groups is 1. The minimum Gasteiger partial charge on any atom is -0.497 e. The largest absolute Gasteiger partial charge is 0.497 e. The van der Waals surface area contributed by atoms with E-state index in [0.717, 1.165) is 43.5 Å². The molecule has 0 unspecified atom stereocenters. The van der Waals surface area contributed by atoms with E-state index in [4.69, 9.17) is 13.9 Å². The van der Waals surface area contributed by atoms with Gasteiger partial charge in [0, 0.05) is 28.7 Å². The van der Waals surface area contributed by atoms with E-state index < -0.39 is 0 Å². The first-order chi connectivity index (χ1) is 16.5. The molecule has 7 nitrogen and oxygen atoms in total. The van der Waals surface area contributed by atoms with Crippen LogP contribution in [0.4, 0.5) is 5.13 Å². The van der Waals surface area contributed by atoms with Crippen LogP contribution in [-0.4, -0.2) is 35.6 Å². The number of hydrogen-bond acceptors (Lipinski definition) is 8. The van der Waals surface area contributed by atoms with Crippen LogP contribution in [0.1, 0.15) is 26.3 Å². The SMILES string of the molecule is CCOc1cc2occ(-c3cccc(OC)c3)c2cc1/C(C)=C/C(=O)Nc1nnc(SCC)s1. The summed E-state index contributed by atoms with van der Waals surface area (Å²) >= 11 is 2.95. The van der Waals surface area contributed by atoms with Crippen LogP contribution in [0.3, 0.4) is 0 Å². The molecule has 0 aliphatic heterocycles. The molecule has 4 rings (SSSR count). The lowest BCUT2D eigenvalue weighted by atomic mass is 9.99. The van der Waals surface area contributed by atoms with E-state index in [2.05, 4.69) is 15.5 Å². The van der Waals surface area contributed by atoms with Gasteiger partial charge in [-0.15, -0.1) is 10.2 Å². The number of hydrogen-bond donors (Lipinski definition) is 1. The molecule has 2 aromatic carbocycles. The average Bonchev–Trinajstić information content (AvgIpc) is 3.45. The maximum atomic E-state index is 12.7. The molecule has 0 atom stereocenters. The Hall–Kier alpha value is -3.30. The van der Waals surface area contributed by atoms with Gasteiger partial charge >= 0.3 is 0 Å². The summed E-state index contributed by atoms with van der Waals surface area (Å²) in [4.78, 5) is 12.7. The van der Waals surface area contributed by atoms with Gasteiger partial charge in [0.1, 0.15) is 17.1 Å². The van der Waals surface area contributed by atoms with Crippen molar-refractivity contribution in [3.63, 3.8) is 0 Å². The van der Waals surface area contributed by atoms with Crippen molar-refractivity contribution in [3.8, 4) is 22.6 Å². The Labute approximate surface area is 206 Å². The predicted octanol–water partition coefficient (Wildman–Crippen LogP) is 6.51. The van der Waals surface area contributed by atoms with Gasteiger partial charge in [0.05, 0.1) is 20.0 Å². The summed E-state index contributed by atoms with van der Waals surface area (Å²) in [5, 5.41) is 12.3. The van der Waals surface area contributed by atoms with Crippen molar-refractivity contribution >= 4 is 50.7 Å². The molecule has 0 aliphatic rings. The Morgan fingerprint density at radius 3 is 2.85 bits per heavy atom. The molecule has 0 bridgehead atoms. The van der Waals surface area contributed by atoms with Gasteiger partial charge in [0.2, 0.25) is 11.0 Å². The molecule has 0 saturated heterocycles. The van der Waals surface area contributed by atoms with Crippen LogP contribution in [0, 0.1) is 0 Å². The highest BCUT2D eigenvalue weighted by molar-refractivity contribution is 8.01. The zero-order valence-electron chi connectivity index (χ0n) is 19.4. The number of benzene rings is 2. The van der Waals surface area contributed by atoms with Crippen molar-refractivity contribution in [3.05, 3.63) is 54.3 Å². The fourth-order valence-electron chi connectivity index (χ4n) is 3.51. The van der Waals surface area contributed by atoms with Gasteiger partial charge in [-0.2, -0.15) is 0 Å². The first kappa shape index (κ1) is 23.8. The number of ether oxygens (including phenoxy) is 2. The number of amides is 1. The zero-order chi connectivity index (χ0) is 24.1. The summed E-state index contributed by atoms with van der Waals surface area (Å²) in [6.45, 7) is 6.34. The number of anilines is 1. The molecule has 0 saturated carbocycles. The van der Waals surface area contributed by atoms with Crippen LogP contribution in [0.15, 0.2) is 57.5 Å². The summed E-state index contributed by atoms with van der Waals surface area (Å²) in [5.41, 5.74) is 4.19. The van der Waals surface area contributed by atoms with Crippen molar-refractivity contribution in [1.82, 2.24) is 10.2 Å². The molecule has 34 heavy (non-hydrogen) atoms. The quantitative estimate of drug-likeness (QED) is 0.161. The van der Waals surface area contributed by atoms with E-state index in [1.807, 2.05) is 57.2 Å². The molecule has 2 aromatic heterocycles. The van der Waals surface area contributed by atoms with Gasteiger partial charge in [-0.25, -0.2) is 0 Å². The third-order valence-electron chi connectivity index (χ3n) is 5.03. The minimum absolute atomic E-state index is 0.274. The summed E-state index contributed by atoms with van der Waals surface area (Å²) in [5.74, 6) is 2.05. The number of nitrogens with zero attached hydrogens (tertiary/aromatic N) is 2. The Morgan fingerprint density at radius 2 is 2.09 bits per heavy atom. The highest BCUT2D eigenvalue weighted by Gasteiger charge is 2.16. The van der Waals surface area contributed by atoms with Crippen LogP contribution < -0.4 is 14.8 Å². The maximum absolute atomic E-state index is 12.7. The fourth-order valence-corrected chi connectivity index (χ4v) is 5.16. The third-order valence-corrected chi connectivity index (χ3v) is 6.89. The highest BCUT2D eigenvalue weighted by atomic mass is 32.2. The molecule has 0 aliphatic carbocycles. The second kappa shape index (κ2) is 10.8. The van der Waals surface area contributed by atoms with Gasteiger partial charge in [-0.05, 0) is 48.9 Å². The van der Waals surface area contributed by atoms with Crippen LogP contribution in [0.5, 0.6) is 11.5 Å². The Kier molecular flexibility index (Phi) is 7.54. The lowest BCUT2D eigenvalue weighted by Gasteiger charge is -2.11. The zero-order valence-corrected chi connectivity index (χ0v) is 21.0. The summed E-state index contributed by atoms with van der Waals surface area (Å²) in [7, 11) is 1.64. The predicted molar refractivity (Wildman–Crippen MR) is 138 cm³/mol. The molecule has 176 valence electrons. The van der Waals surface area contributed by atoms with Crippen molar-refractivity contribution in [2.75, 3.05) is 24.8 Å². The first-order valence-corrected chi connectivity index (χ1v) is 12.6. The molecule has 9 heteroatoms. The molecule has 0 radical (unpaired) electrons. The molecule has 4 aromatic rings. The monoisotopic (exact) mass is 495 g/mol. The number of nitrogens with one attached hydrogen (secondary N) is 1. The van der Waals surface area contributed by atoms with E-state index in [9.17, 15) is 4.79 Å². The number of furan rings is 1. The summed E-state index contributed by atoms with van der Waals surface area (Å²) < 4.78 is 17.9. The minimum atomic E-state index is -0.274. The number of rotatable bonds is 9. The molecular formula is C25H25N3O4S2. The Balaban J connectivity index is 1.68. The van der Waals surface area contributed by atoms with Crippen LogP contribution in [-0.2, 0) is 4.79 Å². The maximum Gasteiger partial charge on any atom is 0.250 e. The number of carbonyl (C=O) groups is 1. The third kappa shape index (κ3) is 5.26. The molecule has 0 spiro atoms. The molecule has 0 fully saturated rings. The summed E-state index contributed by atoms with van der Waals surface area (Å²) in [6.07, 6.45) is 3.27. The number of fused-ring (bicyclic) bond motifs is 1. The lowest BCUT2D eigenvalue weighted by Crippen LogP contribution is -2.08. The number of carbonyl (C=O) groups excluding carboxylic acids is 1. The van der Waals surface area contributed by atoms with E-state index >= 15 is 0 Å². The Morgan fingerprint density at radius 1 is 1.24 bits per heavy atom. The van der Waals surface area contributed by atoms with Gasteiger partial charge in [-0.1, -0.05) is 42.2 Å². The van der Waals surface area contributed by atoms with Gasteiger partial charge in [0.25, 0.3) is 0 Å². The molecule has 1 amide bonds. The van der Waals surface area contributed by atoms with E-state index in [-0.39, 0.29) is 5.91 Å². The first-order valence-electron chi connectivity index (χ1n) is 10.8. The smallest absolute Gasteiger partial charge is 0.250 e. The van der Waals surface area contributed by atoms with Crippen LogP contribution in [0.2, 0.25) is 0 Å². The topological polar surface area (TPSA) is 86.5 Å². The second-order valence-electron chi connectivity index (χ2n) is 7.28. The van der Waals surface area contributed by atoms with E-state index in [0.29, 0.717) is 23.1 Å². The van der Waals surface area contributed by atoms with Crippen molar-refractivity contribution in [2.45, 2.75) is 25.1 Å². The highest BCUT2D eigenvalue weighted by Crippen LogP contribution is 2.38.